The molecule has 0 aliphatic carbocycles. The van der Waals surface area contributed by atoms with Gasteiger partial charge in [-0.1, -0.05) is 34.0 Å². The molecule has 0 atom stereocenters. The molecule has 1 heterocycles. The van der Waals surface area contributed by atoms with E-state index in [0.717, 1.165) is 5.56 Å². The topological polar surface area (TPSA) is 46.5 Å². The molecule has 0 saturated heterocycles. The summed E-state index contributed by atoms with van der Waals surface area (Å²) in [5, 5.41) is 10.7. The summed E-state index contributed by atoms with van der Waals surface area (Å²) in [5.74, 6) is 0. The van der Waals surface area contributed by atoms with Crippen molar-refractivity contribution in [2.24, 2.45) is 0 Å². The van der Waals surface area contributed by atoms with Crippen LogP contribution in [0.25, 0.3) is 0 Å². The van der Waals surface area contributed by atoms with E-state index in [2.05, 4.69) is 15.5 Å². The number of tetrazole rings is 1. The van der Waals surface area contributed by atoms with E-state index in [9.17, 15) is 0 Å². The number of aromatic nitrogens is 4. The van der Waals surface area contributed by atoms with E-state index >= 15 is 0 Å². The Bertz CT molecular complexity index is 490. The molecule has 2 aromatic rings. The van der Waals surface area contributed by atoms with Crippen LogP contribution in [-0.4, -0.2) is 20.2 Å². The molecule has 1 N–H and O–H groups in total. The van der Waals surface area contributed by atoms with E-state index in [1.54, 1.807) is 4.68 Å². The van der Waals surface area contributed by atoms with Crippen LogP contribution in [0.5, 0.6) is 0 Å². The van der Waals surface area contributed by atoms with Gasteiger partial charge in [0.2, 0.25) is 4.77 Å². The molecule has 2 rings (SSSR count). The lowest BCUT2D eigenvalue weighted by Gasteiger charge is -2.01. The van der Waals surface area contributed by atoms with Gasteiger partial charge in [0, 0.05) is 5.02 Å². The third-order valence-electron chi connectivity index (χ3n) is 1.76. The summed E-state index contributed by atoms with van der Waals surface area (Å²) in [6.07, 6.45) is 0. The maximum Gasteiger partial charge on any atom is 0.238 e. The number of hydrogen-bond acceptors (Lipinski definition) is 3. The molecular formula is C8H7ClN4S. The summed E-state index contributed by atoms with van der Waals surface area (Å²) < 4.78 is 2.10. The van der Waals surface area contributed by atoms with Crippen molar-refractivity contribution >= 4 is 23.8 Å². The third kappa shape index (κ3) is 2.00. The minimum Gasteiger partial charge on any atom is -0.238 e. The largest absolute Gasteiger partial charge is 0.238 e. The van der Waals surface area contributed by atoms with Crippen LogP contribution in [0.1, 0.15) is 5.56 Å². The SMILES string of the molecule is S=c1nn[nH]n1Cc1cccc(Cl)c1. The molecular weight excluding hydrogens is 220 g/mol. The normalized spacial score (nSPS) is 10.4. The Morgan fingerprint density at radius 2 is 2.36 bits per heavy atom. The molecule has 0 spiro atoms. The molecule has 72 valence electrons. The van der Waals surface area contributed by atoms with Crippen molar-refractivity contribution in [3.8, 4) is 0 Å². The number of benzene rings is 1. The van der Waals surface area contributed by atoms with Gasteiger partial charge < -0.3 is 0 Å². The lowest BCUT2D eigenvalue weighted by molar-refractivity contribution is 0.642. The highest BCUT2D eigenvalue weighted by molar-refractivity contribution is 7.71. The number of aromatic amines is 1. The molecule has 1 aromatic heterocycles. The second-order valence-corrected chi connectivity index (χ2v) is 3.60. The zero-order valence-electron chi connectivity index (χ0n) is 7.14. The predicted molar refractivity (Wildman–Crippen MR) is 55.8 cm³/mol. The first-order valence-electron chi connectivity index (χ1n) is 3.98. The number of nitrogens with zero attached hydrogens (tertiary/aromatic N) is 3. The van der Waals surface area contributed by atoms with E-state index < -0.39 is 0 Å². The fourth-order valence-electron chi connectivity index (χ4n) is 1.14. The molecule has 6 heteroatoms. The molecule has 1 aromatic carbocycles. The van der Waals surface area contributed by atoms with Gasteiger partial charge in [-0.2, -0.15) is 5.21 Å². The van der Waals surface area contributed by atoms with Gasteiger partial charge in [0.05, 0.1) is 6.54 Å². The second-order valence-electron chi connectivity index (χ2n) is 2.80. The van der Waals surface area contributed by atoms with Gasteiger partial charge in [0.1, 0.15) is 0 Å². The van der Waals surface area contributed by atoms with Crippen molar-refractivity contribution in [3.05, 3.63) is 39.6 Å². The number of H-pyrrole nitrogens is 1. The quantitative estimate of drug-likeness (QED) is 0.798. The molecule has 4 nitrogen and oxygen atoms in total. The summed E-state index contributed by atoms with van der Waals surface area (Å²) >= 11 is 10.8. The first kappa shape index (κ1) is 9.36. The van der Waals surface area contributed by atoms with E-state index in [-0.39, 0.29) is 0 Å². The summed E-state index contributed by atoms with van der Waals surface area (Å²) in [5.41, 5.74) is 1.06. The van der Waals surface area contributed by atoms with Gasteiger partial charge in [-0.05, 0) is 29.9 Å². The molecule has 0 aliphatic heterocycles. The fraction of sp³-hybridized carbons (Fsp3) is 0.125. The third-order valence-corrected chi connectivity index (χ3v) is 2.30. The number of halogens is 1. The monoisotopic (exact) mass is 226 g/mol. The van der Waals surface area contributed by atoms with E-state index in [4.69, 9.17) is 23.8 Å². The highest BCUT2D eigenvalue weighted by Crippen LogP contribution is 2.11. The van der Waals surface area contributed by atoms with Crippen LogP contribution < -0.4 is 0 Å². The van der Waals surface area contributed by atoms with Crippen LogP contribution in [-0.2, 0) is 6.54 Å². The predicted octanol–water partition coefficient (Wildman–Crippen LogP) is 2.04. The van der Waals surface area contributed by atoms with Gasteiger partial charge >= 0.3 is 0 Å². The van der Waals surface area contributed by atoms with Crippen molar-refractivity contribution < 1.29 is 0 Å². The van der Waals surface area contributed by atoms with Crippen LogP contribution in [0.15, 0.2) is 24.3 Å². The van der Waals surface area contributed by atoms with Gasteiger partial charge in [0.15, 0.2) is 0 Å². The Morgan fingerprint density at radius 1 is 1.50 bits per heavy atom. The number of rotatable bonds is 2. The van der Waals surface area contributed by atoms with E-state index in [1.807, 2.05) is 24.3 Å². The molecule has 0 unspecified atom stereocenters. The standard InChI is InChI=1S/C8H7ClN4S/c9-7-3-1-2-6(4-7)5-13-8(14)10-11-12-13/h1-4H,5H2,(H,10,12,14). The summed E-state index contributed by atoms with van der Waals surface area (Å²) in [6.45, 7) is 0.604. The molecule has 0 bridgehead atoms. The van der Waals surface area contributed by atoms with Crippen molar-refractivity contribution in [1.29, 1.82) is 0 Å². The van der Waals surface area contributed by atoms with Crippen molar-refractivity contribution in [2.75, 3.05) is 0 Å². The molecule has 0 saturated carbocycles. The summed E-state index contributed by atoms with van der Waals surface area (Å²) in [4.78, 5) is 0. The number of hydrogen-bond donors (Lipinski definition) is 1. The van der Waals surface area contributed by atoms with Crippen LogP contribution in [0.2, 0.25) is 5.02 Å². The smallest absolute Gasteiger partial charge is 0.238 e. The van der Waals surface area contributed by atoms with Crippen LogP contribution >= 0.6 is 23.8 Å². The molecule has 14 heavy (non-hydrogen) atoms. The van der Waals surface area contributed by atoms with E-state index in [1.165, 1.54) is 0 Å². The Hall–Kier alpha value is -1.20. The van der Waals surface area contributed by atoms with E-state index in [0.29, 0.717) is 16.3 Å². The van der Waals surface area contributed by atoms with Crippen molar-refractivity contribution in [3.63, 3.8) is 0 Å². The molecule has 0 fully saturated rings. The Labute approximate surface area is 90.5 Å². The van der Waals surface area contributed by atoms with Crippen LogP contribution in [0, 0.1) is 4.77 Å². The van der Waals surface area contributed by atoms with Gasteiger partial charge in [-0.3, -0.25) is 0 Å². The van der Waals surface area contributed by atoms with Crippen LogP contribution in [0.3, 0.4) is 0 Å². The zero-order chi connectivity index (χ0) is 9.97. The molecule has 0 amide bonds. The Morgan fingerprint density at radius 3 is 3.00 bits per heavy atom. The minimum atomic E-state index is 0.435. The highest BCUT2D eigenvalue weighted by Gasteiger charge is 1.98. The number of nitrogens with one attached hydrogen (secondary N) is 1. The van der Waals surface area contributed by atoms with Crippen molar-refractivity contribution in [2.45, 2.75) is 6.54 Å². The molecule has 0 aliphatic rings. The van der Waals surface area contributed by atoms with Crippen molar-refractivity contribution in [1.82, 2.24) is 20.2 Å². The fourth-order valence-corrected chi connectivity index (χ4v) is 1.50. The summed E-state index contributed by atoms with van der Waals surface area (Å²) in [6, 6.07) is 7.57. The highest BCUT2D eigenvalue weighted by atomic mass is 35.5. The second kappa shape index (κ2) is 3.89. The average molecular weight is 227 g/mol. The zero-order valence-corrected chi connectivity index (χ0v) is 8.72. The lowest BCUT2D eigenvalue weighted by Crippen LogP contribution is -2.01. The summed E-state index contributed by atoms with van der Waals surface area (Å²) in [7, 11) is 0. The lowest BCUT2D eigenvalue weighted by atomic mass is 10.2. The van der Waals surface area contributed by atoms with Gasteiger partial charge in [-0.15, -0.1) is 0 Å². The first-order chi connectivity index (χ1) is 6.75. The first-order valence-corrected chi connectivity index (χ1v) is 4.76. The maximum atomic E-state index is 5.85. The minimum absolute atomic E-state index is 0.435. The van der Waals surface area contributed by atoms with Gasteiger partial charge in [-0.25, -0.2) is 4.68 Å². The van der Waals surface area contributed by atoms with Gasteiger partial charge in [0.25, 0.3) is 0 Å². The molecule has 0 radical (unpaired) electrons. The van der Waals surface area contributed by atoms with Crippen LogP contribution in [0.4, 0.5) is 0 Å². The maximum absolute atomic E-state index is 5.85. The Kier molecular flexibility index (Phi) is 2.60. The average Bonchev–Trinajstić information content (AvgIpc) is 2.52. The Balaban J connectivity index is 2.27.